The summed E-state index contributed by atoms with van der Waals surface area (Å²) in [6.07, 6.45) is 4.05. The lowest BCUT2D eigenvalue weighted by Gasteiger charge is -2.20. The van der Waals surface area contributed by atoms with Crippen LogP contribution in [0, 0.1) is 0 Å². The van der Waals surface area contributed by atoms with Gasteiger partial charge in [-0.15, -0.1) is 0 Å². The molecular weight excluding hydrogens is 148 g/mol. The van der Waals surface area contributed by atoms with Crippen LogP contribution in [0.2, 0.25) is 0 Å². The lowest BCUT2D eigenvalue weighted by Crippen LogP contribution is -2.38. The zero-order chi connectivity index (χ0) is 8.81. The van der Waals surface area contributed by atoms with Crippen LogP contribution in [0.5, 0.6) is 0 Å². The maximum atomic E-state index is 3.52. The molecular formula is C10H22N2. The Morgan fingerprint density at radius 3 is 2.58 bits per heavy atom. The quantitative estimate of drug-likeness (QED) is 0.672. The summed E-state index contributed by atoms with van der Waals surface area (Å²) in [5.41, 5.74) is 0. The third kappa shape index (κ3) is 3.55. The third-order valence-electron chi connectivity index (χ3n) is 2.47. The summed E-state index contributed by atoms with van der Waals surface area (Å²) in [4.78, 5) is 2.56. The number of rotatable bonds is 5. The van der Waals surface area contributed by atoms with Crippen molar-refractivity contribution in [3.8, 4) is 0 Å². The second kappa shape index (κ2) is 5.55. The highest BCUT2D eigenvalue weighted by atomic mass is 15.2. The molecule has 2 nitrogen and oxygen atoms in total. The summed E-state index contributed by atoms with van der Waals surface area (Å²) in [5, 5.41) is 3.52. The van der Waals surface area contributed by atoms with Crippen molar-refractivity contribution in [3.63, 3.8) is 0 Å². The Balaban J connectivity index is 2.03. The van der Waals surface area contributed by atoms with Gasteiger partial charge >= 0.3 is 0 Å². The molecule has 0 amide bonds. The van der Waals surface area contributed by atoms with Gasteiger partial charge in [-0.05, 0) is 45.8 Å². The first-order chi connectivity index (χ1) is 5.83. The first kappa shape index (κ1) is 10.0. The highest BCUT2D eigenvalue weighted by molar-refractivity contribution is 4.71. The number of nitrogens with one attached hydrogen (secondary N) is 1. The van der Waals surface area contributed by atoms with E-state index in [1.165, 1.54) is 38.9 Å². The molecule has 0 saturated carbocycles. The summed E-state index contributed by atoms with van der Waals surface area (Å²) in [7, 11) is 0. The van der Waals surface area contributed by atoms with Gasteiger partial charge in [0.05, 0.1) is 0 Å². The number of hydrogen-bond acceptors (Lipinski definition) is 2. The molecule has 1 atom stereocenters. The van der Waals surface area contributed by atoms with E-state index < -0.39 is 0 Å². The number of likely N-dealkylation sites (tertiary alicyclic amines) is 1. The van der Waals surface area contributed by atoms with Crippen molar-refractivity contribution in [3.05, 3.63) is 0 Å². The Morgan fingerprint density at radius 1 is 1.33 bits per heavy atom. The molecule has 0 aromatic rings. The van der Waals surface area contributed by atoms with Gasteiger partial charge in [0.25, 0.3) is 0 Å². The minimum Gasteiger partial charge on any atom is -0.313 e. The Morgan fingerprint density at radius 2 is 2.00 bits per heavy atom. The predicted octanol–water partition coefficient (Wildman–Crippen LogP) is 1.47. The van der Waals surface area contributed by atoms with Gasteiger partial charge in [-0.3, -0.25) is 0 Å². The monoisotopic (exact) mass is 170 g/mol. The molecule has 0 bridgehead atoms. The zero-order valence-corrected chi connectivity index (χ0v) is 8.47. The Labute approximate surface area is 76.3 Å². The Hall–Kier alpha value is -0.0800. The van der Waals surface area contributed by atoms with Gasteiger partial charge in [0.15, 0.2) is 0 Å². The van der Waals surface area contributed by atoms with E-state index in [0.717, 1.165) is 6.54 Å². The standard InChI is InChI=1S/C10H22N2/c1-3-6-11-10(2)9-12-7-4-5-8-12/h10-11H,3-9H2,1-2H3. The fourth-order valence-electron chi connectivity index (χ4n) is 1.81. The fourth-order valence-corrected chi connectivity index (χ4v) is 1.81. The summed E-state index contributed by atoms with van der Waals surface area (Å²) in [6.45, 7) is 9.54. The highest BCUT2D eigenvalue weighted by Gasteiger charge is 2.13. The van der Waals surface area contributed by atoms with E-state index in [0.29, 0.717) is 6.04 Å². The second-order valence-electron chi connectivity index (χ2n) is 3.86. The van der Waals surface area contributed by atoms with Gasteiger partial charge in [-0.25, -0.2) is 0 Å². The smallest absolute Gasteiger partial charge is 0.0166 e. The van der Waals surface area contributed by atoms with Crippen LogP contribution >= 0.6 is 0 Å². The first-order valence-electron chi connectivity index (χ1n) is 5.28. The molecule has 12 heavy (non-hydrogen) atoms. The molecule has 0 radical (unpaired) electrons. The lowest BCUT2D eigenvalue weighted by atomic mass is 10.3. The van der Waals surface area contributed by atoms with Gasteiger partial charge in [0, 0.05) is 12.6 Å². The molecule has 0 aromatic carbocycles. The third-order valence-corrected chi connectivity index (χ3v) is 2.47. The summed E-state index contributed by atoms with van der Waals surface area (Å²) in [6, 6.07) is 0.669. The Kier molecular flexibility index (Phi) is 4.62. The summed E-state index contributed by atoms with van der Waals surface area (Å²) in [5.74, 6) is 0. The minimum atomic E-state index is 0.669. The predicted molar refractivity (Wildman–Crippen MR) is 53.4 cm³/mol. The molecule has 0 aliphatic carbocycles. The van der Waals surface area contributed by atoms with Crippen LogP contribution in [-0.4, -0.2) is 37.1 Å². The molecule has 0 spiro atoms. The van der Waals surface area contributed by atoms with Crippen molar-refractivity contribution in [2.45, 2.75) is 39.2 Å². The average molecular weight is 170 g/mol. The van der Waals surface area contributed by atoms with Gasteiger partial charge < -0.3 is 10.2 Å². The SMILES string of the molecule is CCCNC(C)CN1CCCC1. The van der Waals surface area contributed by atoms with E-state index in [2.05, 4.69) is 24.1 Å². The van der Waals surface area contributed by atoms with E-state index in [1.807, 2.05) is 0 Å². The van der Waals surface area contributed by atoms with Crippen molar-refractivity contribution >= 4 is 0 Å². The second-order valence-corrected chi connectivity index (χ2v) is 3.86. The minimum absolute atomic E-state index is 0.669. The van der Waals surface area contributed by atoms with Gasteiger partial charge in [-0.2, -0.15) is 0 Å². The molecule has 1 aliphatic rings. The van der Waals surface area contributed by atoms with Crippen LogP contribution in [-0.2, 0) is 0 Å². The number of hydrogen-bond donors (Lipinski definition) is 1. The molecule has 1 rings (SSSR count). The zero-order valence-electron chi connectivity index (χ0n) is 8.47. The first-order valence-corrected chi connectivity index (χ1v) is 5.28. The molecule has 2 heteroatoms. The van der Waals surface area contributed by atoms with E-state index in [1.54, 1.807) is 0 Å². The van der Waals surface area contributed by atoms with E-state index in [-0.39, 0.29) is 0 Å². The molecule has 1 heterocycles. The maximum Gasteiger partial charge on any atom is 0.0166 e. The van der Waals surface area contributed by atoms with Crippen molar-refractivity contribution < 1.29 is 0 Å². The largest absolute Gasteiger partial charge is 0.313 e. The van der Waals surface area contributed by atoms with E-state index in [4.69, 9.17) is 0 Å². The molecule has 1 aliphatic heterocycles. The van der Waals surface area contributed by atoms with Crippen molar-refractivity contribution in [1.82, 2.24) is 10.2 Å². The summed E-state index contributed by atoms with van der Waals surface area (Å²) >= 11 is 0. The Bertz CT molecular complexity index is 108. The van der Waals surface area contributed by atoms with E-state index in [9.17, 15) is 0 Å². The molecule has 72 valence electrons. The molecule has 1 unspecified atom stereocenters. The number of nitrogens with zero attached hydrogens (tertiary/aromatic N) is 1. The van der Waals surface area contributed by atoms with Gasteiger partial charge in [0.2, 0.25) is 0 Å². The average Bonchev–Trinajstić information content (AvgIpc) is 2.53. The van der Waals surface area contributed by atoms with Crippen LogP contribution in [0.3, 0.4) is 0 Å². The normalized spacial score (nSPS) is 21.5. The van der Waals surface area contributed by atoms with Crippen LogP contribution < -0.4 is 5.32 Å². The molecule has 1 fully saturated rings. The van der Waals surface area contributed by atoms with Crippen LogP contribution in [0.4, 0.5) is 0 Å². The van der Waals surface area contributed by atoms with Crippen molar-refractivity contribution in [2.24, 2.45) is 0 Å². The van der Waals surface area contributed by atoms with Crippen LogP contribution in [0.15, 0.2) is 0 Å². The van der Waals surface area contributed by atoms with E-state index >= 15 is 0 Å². The highest BCUT2D eigenvalue weighted by Crippen LogP contribution is 2.07. The van der Waals surface area contributed by atoms with Crippen LogP contribution in [0.25, 0.3) is 0 Å². The summed E-state index contributed by atoms with van der Waals surface area (Å²) < 4.78 is 0. The van der Waals surface area contributed by atoms with Gasteiger partial charge in [-0.1, -0.05) is 6.92 Å². The fraction of sp³-hybridized carbons (Fsp3) is 1.00. The maximum absolute atomic E-state index is 3.52. The molecule has 1 saturated heterocycles. The molecule has 1 N–H and O–H groups in total. The van der Waals surface area contributed by atoms with Crippen LogP contribution in [0.1, 0.15) is 33.1 Å². The lowest BCUT2D eigenvalue weighted by molar-refractivity contribution is 0.299. The molecule has 0 aromatic heterocycles. The topological polar surface area (TPSA) is 15.3 Å². The van der Waals surface area contributed by atoms with Crippen molar-refractivity contribution in [2.75, 3.05) is 26.2 Å². The van der Waals surface area contributed by atoms with Gasteiger partial charge in [0.1, 0.15) is 0 Å². The van der Waals surface area contributed by atoms with Crippen molar-refractivity contribution in [1.29, 1.82) is 0 Å².